The van der Waals surface area contributed by atoms with Gasteiger partial charge in [-0.2, -0.15) is 0 Å². The highest BCUT2D eigenvalue weighted by Gasteiger charge is 2.39. The molecule has 0 aliphatic carbocycles. The first-order chi connectivity index (χ1) is 10.7. The summed E-state index contributed by atoms with van der Waals surface area (Å²) in [4.78, 5) is 29.9. The summed E-state index contributed by atoms with van der Waals surface area (Å²) in [7, 11) is 0. The number of aromatic nitrogens is 1. The second-order valence-corrected chi connectivity index (χ2v) is 5.17. The van der Waals surface area contributed by atoms with E-state index in [0.29, 0.717) is 22.2 Å². The van der Waals surface area contributed by atoms with Gasteiger partial charge in [-0.15, -0.1) is 0 Å². The molecule has 2 heterocycles. The number of hydrogen-bond acceptors (Lipinski definition) is 5. The molecule has 0 saturated heterocycles. The van der Waals surface area contributed by atoms with Crippen LogP contribution in [0.1, 0.15) is 26.6 Å². The van der Waals surface area contributed by atoms with E-state index in [2.05, 4.69) is 4.98 Å². The molecule has 2 amide bonds. The summed E-state index contributed by atoms with van der Waals surface area (Å²) in [5.41, 5.74) is 1.85. The first-order valence-corrected chi connectivity index (χ1v) is 6.95. The highest BCUT2D eigenvalue weighted by molar-refractivity contribution is 7.80. The fourth-order valence-corrected chi connectivity index (χ4v) is 2.69. The van der Waals surface area contributed by atoms with Crippen LogP contribution in [-0.2, 0) is 0 Å². The summed E-state index contributed by atoms with van der Waals surface area (Å²) >= 11 is 5.25. The lowest BCUT2D eigenvalue weighted by atomic mass is 10.1. The quantitative estimate of drug-likeness (QED) is 0.511. The Kier molecular flexibility index (Phi) is 2.67. The zero-order valence-electron chi connectivity index (χ0n) is 11.1. The molecule has 2 aromatic carbocycles. The molecule has 4 rings (SSSR count). The third kappa shape index (κ3) is 1.71. The van der Waals surface area contributed by atoms with Gasteiger partial charge in [0.1, 0.15) is 5.52 Å². The van der Waals surface area contributed by atoms with Crippen molar-refractivity contribution in [3.8, 4) is 0 Å². The Morgan fingerprint density at radius 1 is 0.955 bits per heavy atom. The second kappa shape index (κ2) is 4.57. The fraction of sp³-hybridized carbons (Fsp3) is 0. The lowest BCUT2D eigenvalue weighted by molar-refractivity contribution is 0.0750. The predicted molar refractivity (Wildman–Crippen MR) is 82.7 cm³/mol. The predicted octanol–water partition coefficient (Wildman–Crippen LogP) is 2.80. The number of thiocarbonyl (C=S) groups is 1. The number of benzene rings is 2. The van der Waals surface area contributed by atoms with Crippen molar-refractivity contribution in [3.63, 3.8) is 0 Å². The maximum atomic E-state index is 12.4. The number of amides is 2. The monoisotopic (exact) mass is 308 g/mol. The van der Waals surface area contributed by atoms with E-state index in [9.17, 15) is 9.59 Å². The zero-order chi connectivity index (χ0) is 15.3. The fourth-order valence-electron chi connectivity index (χ4n) is 2.43. The molecule has 0 spiro atoms. The minimum atomic E-state index is -0.451. The highest BCUT2D eigenvalue weighted by Crippen LogP contribution is 2.25. The number of hydrogen-bond donors (Lipinski definition) is 0. The maximum Gasteiger partial charge on any atom is 0.266 e. The van der Waals surface area contributed by atoms with E-state index >= 15 is 0 Å². The summed E-state index contributed by atoms with van der Waals surface area (Å²) in [5, 5.41) is 0. The molecule has 0 saturated carbocycles. The molecular formula is C16H8N2O3S. The lowest BCUT2D eigenvalue weighted by Gasteiger charge is -2.11. The van der Waals surface area contributed by atoms with Gasteiger partial charge in [0, 0.05) is 0 Å². The molecule has 1 aliphatic rings. The van der Waals surface area contributed by atoms with Crippen LogP contribution in [0.3, 0.4) is 0 Å². The van der Waals surface area contributed by atoms with Crippen molar-refractivity contribution < 1.29 is 14.0 Å². The molecule has 6 heteroatoms. The Hall–Kier alpha value is -2.86. The molecular weight excluding hydrogens is 300 g/mol. The molecule has 0 unspecified atom stereocenters. The molecule has 0 radical (unpaired) electrons. The second-order valence-electron chi connectivity index (χ2n) is 4.78. The first kappa shape index (κ1) is 12.8. The van der Waals surface area contributed by atoms with Crippen LogP contribution in [0.25, 0.3) is 11.1 Å². The Labute approximate surface area is 130 Å². The molecule has 22 heavy (non-hydrogen) atoms. The van der Waals surface area contributed by atoms with E-state index in [1.807, 2.05) is 12.1 Å². The largest absolute Gasteiger partial charge is 0.434 e. The van der Waals surface area contributed by atoms with Crippen molar-refractivity contribution in [2.45, 2.75) is 0 Å². The summed E-state index contributed by atoms with van der Waals surface area (Å²) < 4.78 is 5.54. The SMILES string of the molecule is O=C1c2ccccc2C(=O)N1C(=S)c1nc2ccccc2o1. The summed E-state index contributed by atoms with van der Waals surface area (Å²) in [5.74, 6) is -0.814. The molecule has 1 aliphatic heterocycles. The van der Waals surface area contributed by atoms with Gasteiger partial charge in [-0.25, -0.2) is 9.88 Å². The lowest BCUT2D eigenvalue weighted by Crippen LogP contribution is -2.35. The van der Waals surface area contributed by atoms with E-state index in [-0.39, 0.29) is 10.9 Å². The third-order valence-corrected chi connectivity index (χ3v) is 3.83. The number of rotatable bonds is 1. The van der Waals surface area contributed by atoms with Gasteiger partial charge in [-0.05, 0) is 24.3 Å². The number of nitrogens with zero attached hydrogens (tertiary/aromatic N) is 2. The molecule has 0 N–H and O–H groups in total. The van der Waals surface area contributed by atoms with Gasteiger partial charge in [0.05, 0.1) is 11.1 Å². The summed E-state index contributed by atoms with van der Waals surface area (Å²) in [6, 6.07) is 13.8. The van der Waals surface area contributed by atoms with Crippen molar-refractivity contribution in [2.24, 2.45) is 0 Å². The number of fused-ring (bicyclic) bond motifs is 2. The minimum absolute atomic E-state index is 0.0256. The van der Waals surface area contributed by atoms with Crippen LogP contribution in [0.4, 0.5) is 0 Å². The number of carbonyl (C=O) groups is 2. The van der Waals surface area contributed by atoms with Crippen LogP contribution in [0.2, 0.25) is 0 Å². The Bertz CT molecular complexity index is 893. The third-order valence-electron chi connectivity index (χ3n) is 3.47. The van der Waals surface area contributed by atoms with Gasteiger partial charge in [0.2, 0.25) is 0 Å². The van der Waals surface area contributed by atoms with E-state index in [4.69, 9.17) is 16.6 Å². The molecule has 3 aromatic rings. The van der Waals surface area contributed by atoms with Crippen LogP contribution >= 0.6 is 12.2 Å². The van der Waals surface area contributed by atoms with Gasteiger partial charge < -0.3 is 4.42 Å². The molecule has 5 nitrogen and oxygen atoms in total. The van der Waals surface area contributed by atoms with Crippen molar-refractivity contribution in [2.75, 3.05) is 0 Å². The Morgan fingerprint density at radius 3 is 2.18 bits per heavy atom. The van der Waals surface area contributed by atoms with Crippen molar-refractivity contribution in [1.29, 1.82) is 0 Å². The number of imide groups is 1. The molecule has 0 atom stereocenters. The topological polar surface area (TPSA) is 63.4 Å². The van der Waals surface area contributed by atoms with Gasteiger partial charge in [0.15, 0.2) is 10.6 Å². The van der Waals surface area contributed by atoms with Crippen LogP contribution in [0.5, 0.6) is 0 Å². The van der Waals surface area contributed by atoms with Crippen molar-refractivity contribution in [1.82, 2.24) is 9.88 Å². The van der Waals surface area contributed by atoms with Crippen LogP contribution in [-0.4, -0.2) is 26.7 Å². The van der Waals surface area contributed by atoms with Crippen LogP contribution in [0, 0.1) is 0 Å². The normalized spacial score (nSPS) is 13.7. The molecule has 0 bridgehead atoms. The number of para-hydroxylation sites is 2. The van der Waals surface area contributed by atoms with Crippen LogP contribution < -0.4 is 0 Å². The van der Waals surface area contributed by atoms with Gasteiger partial charge >= 0.3 is 0 Å². The average Bonchev–Trinajstić information content (AvgIpc) is 3.08. The molecule has 1 aromatic heterocycles. The van der Waals surface area contributed by atoms with E-state index < -0.39 is 11.8 Å². The maximum absolute atomic E-state index is 12.4. The average molecular weight is 308 g/mol. The highest BCUT2D eigenvalue weighted by atomic mass is 32.1. The number of carbonyl (C=O) groups excluding carboxylic acids is 2. The standard InChI is InChI=1S/C16H8N2O3S/c19-14-9-5-1-2-6-10(9)15(20)18(14)16(22)13-17-11-7-3-4-8-12(11)21-13/h1-8H. The van der Waals surface area contributed by atoms with Gasteiger partial charge in [0.25, 0.3) is 17.7 Å². The smallest absolute Gasteiger partial charge is 0.266 e. The van der Waals surface area contributed by atoms with Gasteiger partial charge in [-0.3, -0.25) is 9.59 Å². The Balaban J connectivity index is 1.78. The van der Waals surface area contributed by atoms with E-state index in [1.54, 1.807) is 36.4 Å². The van der Waals surface area contributed by atoms with Crippen molar-refractivity contribution in [3.05, 3.63) is 65.5 Å². The van der Waals surface area contributed by atoms with E-state index in [0.717, 1.165) is 4.90 Å². The van der Waals surface area contributed by atoms with Gasteiger partial charge in [-0.1, -0.05) is 36.5 Å². The molecule has 0 fully saturated rings. The summed E-state index contributed by atoms with van der Waals surface area (Å²) in [6.07, 6.45) is 0. The summed E-state index contributed by atoms with van der Waals surface area (Å²) in [6.45, 7) is 0. The zero-order valence-corrected chi connectivity index (χ0v) is 12.0. The molecule has 106 valence electrons. The first-order valence-electron chi connectivity index (χ1n) is 6.54. The van der Waals surface area contributed by atoms with E-state index in [1.165, 1.54) is 0 Å². The number of oxazole rings is 1. The van der Waals surface area contributed by atoms with Crippen molar-refractivity contribution >= 4 is 40.1 Å². The minimum Gasteiger partial charge on any atom is -0.434 e. The Morgan fingerprint density at radius 2 is 1.55 bits per heavy atom. The van der Waals surface area contributed by atoms with Crippen LogP contribution in [0.15, 0.2) is 52.9 Å².